The summed E-state index contributed by atoms with van der Waals surface area (Å²) < 4.78 is 17.1. The summed E-state index contributed by atoms with van der Waals surface area (Å²) in [4.78, 5) is 11.9. The molecule has 0 radical (unpaired) electrons. The lowest BCUT2D eigenvalue weighted by atomic mass is 9.45. The fourth-order valence-electron chi connectivity index (χ4n) is 7.54. The highest BCUT2D eigenvalue weighted by Crippen LogP contribution is 2.72. The van der Waals surface area contributed by atoms with Gasteiger partial charge in [0, 0.05) is 16.1 Å². The Labute approximate surface area is 167 Å². The largest absolute Gasteiger partial charge is 0.390 e. The summed E-state index contributed by atoms with van der Waals surface area (Å²) in [6.45, 7) is 6.46. The molecule has 3 fully saturated rings. The molecule has 4 aliphatic carbocycles. The Kier molecular flexibility index (Phi) is 4.52. The van der Waals surface area contributed by atoms with Gasteiger partial charge in [-0.25, -0.2) is 4.39 Å². The van der Waals surface area contributed by atoms with Crippen molar-refractivity contribution < 1.29 is 14.3 Å². The molecule has 2 nitrogen and oxygen atoms in total. The Hall–Kier alpha value is -0.610. The van der Waals surface area contributed by atoms with Crippen molar-refractivity contribution in [2.75, 3.05) is 6.26 Å². The van der Waals surface area contributed by atoms with E-state index in [9.17, 15) is 9.90 Å². The Bertz CT molecular complexity index is 717. The first-order valence-electron chi connectivity index (χ1n) is 10.5. The molecule has 1 N–H and O–H groups in total. The number of alkyl halides is 1. The van der Waals surface area contributed by atoms with Crippen molar-refractivity contribution in [1.29, 1.82) is 0 Å². The summed E-state index contributed by atoms with van der Waals surface area (Å²) in [6.07, 6.45) is 12.6. The third-order valence-electron chi connectivity index (χ3n) is 8.98. The second-order valence-electron chi connectivity index (χ2n) is 9.75. The van der Waals surface area contributed by atoms with Gasteiger partial charge in [0.1, 0.15) is 0 Å². The molecule has 0 bridgehead atoms. The van der Waals surface area contributed by atoms with E-state index in [1.165, 1.54) is 6.08 Å². The minimum absolute atomic E-state index is 0.0339. The molecule has 4 aliphatic rings. The number of hydrogen-bond donors (Lipinski definition) is 1. The standard InChI is InChI=1S/C23H33FO2S/c1-5-10-22(27-4)12-9-17-18-7-6-15-13-16(25)8-11-20(15,2)23(18,24)19(26)14-21(17,22)3/h8,11,13,17-19,26H,5-7,9-10,12,14H2,1-4H3/t17-,18-,19-,20-,21-,22+,23-/m0/s1. The van der Waals surface area contributed by atoms with Gasteiger partial charge < -0.3 is 5.11 Å². The molecule has 3 saturated carbocycles. The molecule has 4 heteroatoms. The molecule has 0 heterocycles. The number of rotatable bonds is 3. The Morgan fingerprint density at radius 2 is 2.04 bits per heavy atom. The summed E-state index contributed by atoms with van der Waals surface area (Å²) in [5.74, 6) is 0.108. The van der Waals surface area contributed by atoms with Crippen molar-refractivity contribution in [1.82, 2.24) is 0 Å². The van der Waals surface area contributed by atoms with Gasteiger partial charge in [0.2, 0.25) is 0 Å². The van der Waals surface area contributed by atoms with E-state index in [1.54, 1.807) is 12.2 Å². The summed E-state index contributed by atoms with van der Waals surface area (Å²) in [6, 6.07) is 0. The first kappa shape index (κ1) is 19.7. The average molecular weight is 393 g/mol. The molecule has 4 rings (SSSR count). The van der Waals surface area contributed by atoms with Crippen LogP contribution in [0.3, 0.4) is 0 Å². The van der Waals surface area contributed by atoms with Crippen molar-refractivity contribution in [2.24, 2.45) is 22.7 Å². The van der Waals surface area contributed by atoms with Crippen molar-refractivity contribution in [3.63, 3.8) is 0 Å². The highest BCUT2D eigenvalue weighted by molar-refractivity contribution is 8.00. The normalized spacial score (nSPS) is 51.4. The van der Waals surface area contributed by atoms with Gasteiger partial charge in [-0.15, -0.1) is 0 Å². The third kappa shape index (κ3) is 2.26. The molecule has 7 atom stereocenters. The minimum atomic E-state index is -1.68. The molecule has 0 unspecified atom stereocenters. The number of halogens is 1. The number of thioether (sulfide) groups is 1. The number of aliphatic hydroxyl groups excluding tert-OH is 1. The van der Waals surface area contributed by atoms with E-state index in [-0.39, 0.29) is 21.9 Å². The van der Waals surface area contributed by atoms with Crippen LogP contribution in [-0.4, -0.2) is 33.7 Å². The highest BCUT2D eigenvalue weighted by Gasteiger charge is 2.72. The molecule has 0 saturated heterocycles. The van der Waals surface area contributed by atoms with Crippen LogP contribution in [0.4, 0.5) is 4.39 Å². The second kappa shape index (κ2) is 6.19. The summed E-state index contributed by atoms with van der Waals surface area (Å²) in [5, 5.41) is 11.3. The average Bonchev–Trinajstić information content (AvgIpc) is 2.90. The maximum Gasteiger partial charge on any atom is 0.178 e. The van der Waals surface area contributed by atoms with Gasteiger partial charge in [0.15, 0.2) is 11.5 Å². The third-order valence-corrected chi connectivity index (χ3v) is 10.6. The lowest BCUT2D eigenvalue weighted by molar-refractivity contribution is -0.192. The fourth-order valence-corrected chi connectivity index (χ4v) is 8.97. The van der Waals surface area contributed by atoms with Crippen LogP contribution in [0, 0.1) is 22.7 Å². The fraction of sp³-hybridized carbons (Fsp3) is 0.783. The molecule has 0 aliphatic heterocycles. The number of hydrogen-bond acceptors (Lipinski definition) is 3. The van der Waals surface area contributed by atoms with Crippen LogP contribution in [0.1, 0.15) is 65.7 Å². The van der Waals surface area contributed by atoms with Crippen LogP contribution < -0.4 is 0 Å². The van der Waals surface area contributed by atoms with Crippen molar-refractivity contribution in [3.05, 3.63) is 23.8 Å². The topological polar surface area (TPSA) is 37.3 Å². The van der Waals surface area contributed by atoms with Crippen LogP contribution in [0.2, 0.25) is 0 Å². The van der Waals surface area contributed by atoms with E-state index in [0.717, 1.165) is 44.1 Å². The maximum absolute atomic E-state index is 16.9. The zero-order valence-electron chi connectivity index (χ0n) is 17.1. The molecule has 0 amide bonds. The predicted molar refractivity (Wildman–Crippen MR) is 110 cm³/mol. The number of carbonyl (C=O) groups excluding carboxylic acids is 1. The smallest absolute Gasteiger partial charge is 0.178 e. The lowest BCUT2D eigenvalue weighted by Gasteiger charge is -2.63. The molecule has 0 aromatic carbocycles. The van der Waals surface area contributed by atoms with Gasteiger partial charge in [0.25, 0.3) is 0 Å². The van der Waals surface area contributed by atoms with Crippen LogP contribution in [0.5, 0.6) is 0 Å². The first-order valence-corrected chi connectivity index (χ1v) is 11.8. The monoisotopic (exact) mass is 392 g/mol. The molecular formula is C23H33FO2S. The second-order valence-corrected chi connectivity index (χ2v) is 10.9. The van der Waals surface area contributed by atoms with Crippen molar-refractivity contribution in [2.45, 2.75) is 82.2 Å². The summed E-state index contributed by atoms with van der Waals surface area (Å²) >= 11 is 1.95. The molecule has 150 valence electrons. The van der Waals surface area contributed by atoms with Gasteiger partial charge in [-0.2, -0.15) is 11.8 Å². The lowest BCUT2D eigenvalue weighted by Crippen LogP contribution is -2.67. The Morgan fingerprint density at radius 1 is 1.30 bits per heavy atom. The van der Waals surface area contributed by atoms with Gasteiger partial charge in [-0.3, -0.25) is 4.79 Å². The zero-order chi connectivity index (χ0) is 19.7. The van der Waals surface area contributed by atoms with E-state index in [0.29, 0.717) is 12.3 Å². The molecular weight excluding hydrogens is 359 g/mol. The predicted octanol–water partition coefficient (Wildman–Crippen LogP) is 5.26. The van der Waals surface area contributed by atoms with Gasteiger partial charge in [-0.05, 0) is 75.2 Å². The highest BCUT2D eigenvalue weighted by atomic mass is 32.2. The number of ketones is 1. The Morgan fingerprint density at radius 3 is 2.70 bits per heavy atom. The number of aliphatic hydroxyl groups is 1. The van der Waals surface area contributed by atoms with E-state index in [1.807, 2.05) is 18.7 Å². The van der Waals surface area contributed by atoms with Crippen LogP contribution in [-0.2, 0) is 4.79 Å². The molecule has 0 spiro atoms. The van der Waals surface area contributed by atoms with Crippen LogP contribution in [0.15, 0.2) is 23.8 Å². The zero-order valence-corrected chi connectivity index (χ0v) is 17.9. The summed E-state index contributed by atoms with van der Waals surface area (Å²) in [7, 11) is 0. The quantitative estimate of drug-likeness (QED) is 0.712. The Balaban J connectivity index is 1.80. The van der Waals surface area contributed by atoms with Crippen LogP contribution in [0.25, 0.3) is 0 Å². The van der Waals surface area contributed by atoms with E-state index >= 15 is 4.39 Å². The number of carbonyl (C=O) groups is 1. The van der Waals surface area contributed by atoms with E-state index < -0.39 is 17.2 Å². The van der Waals surface area contributed by atoms with Crippen molar-refractivity contribution >= 4 is 17.5 Å². The van der Waals surface area contributed by atoms with E-state index in [4.69, 9.17) is 0 Å². The summed E-state index contributed by atoms with van der Waals surface area (Å²) in [5.41, 5.74) is -1.70. The SMILES string of the molecule is CCC[C@@]1(SC)CC[C@H]2[C@@H]3CCC4=CC(=O)C=C[C@]4(C)[C@@]3(F)[C@@H](O)C[C@@]21C. The minimum Gasteiger partial charge on any atom is -0.390 e. The van der Waals surface area contributed by atoms with Crippen LogP contribution >= 0.6 is 11.8 Å². The maximum atomic E-state index is 16.9. The molecule has 0 aromatic rings. The van der Waals surface area contributed by atoms with Gasteiger partial charge >= 0.3 is 0 Å². The number of fused-ring (bicyclic) bond motifs is 5. The van der Waals surface area contributed by atoms with Crippen molar-refractivity contribution in [3.8, 4) is 0 Å². The molecule has 27 heavy (non-hydrogen) atoms. The van der Waals surface area contributed by atoms with Gasteiger partial charge in [-0.1, -0.05) is 31.9 Å². The number of allylic oxidation sites excluding steroid dienone is 4. The molecule has 0 aromatic heterocycles. The van der Waals surface area contributed by atoms with Gasteiger partial charge in [0.05, 0.1) is 6.10 Å². The van der Waals surface area contributed by atoms with E-state index in [2.05, 4.69) is 20.1 Å². The first-order chi connectivity index (χ1) is 12.7.